The maximum absolute atomic E-state index is 2.58. The number of rotatable bonds is 35. The molecule has 1 aromatic rings. The van der Waals surface area contributed by atoms with Gasteiger partial charge >= 0.3 is 0 Å². The smallest absolute Gasteiger partial charge is 0.235 e. The summed E-state index contributed by atoms with van der Waals surface area (Å²) in [5.41, 5.74) is 0. The molecule has 1 aromatic heterocycles. The maximum Gasteiger partial charge on any atom is 0.256 e. The van der Waals surface area contributed by atoms with Crippen molar-refractivity contribution in [3.8, 4) is 0 Å². The molecule has 0 aromatic carbocycles. The van der Waals surface area contributed by atoms with Gasteiger partial charge in [0.15, 0.2) is 0 Å². The summed E-state index contributed by atoms with van der Waals surface area (Å²) in [7, 11) is 0. The third-order valence-corrected chi connectivity index (χ3v) is 9.94. The van der Waals surface area contributed by atoms with E-state index < -0.39 is 0 Å². The lowest BCUT2D eigenvalue weighted by molar-refractivity contribution is -0.704. The van der Waals surface area contributed by atoms with Crippen molar-refractivity contribution in [2.75, 3.05) is 0 Å². The van der Waals surface area contributed by atoms with E-state index in [2.05, 4.69) is 42.3 Å². The van der Waals surface area contributed by atoms with Gasteiger partial charge in [-0.25, -0.2) is 9.13 Å². The fourth-order valence-electron chi connectivity index (χ4n) is 6.94. The van der Waals surface area contributed by atoms with Crippen LogP contribution in [-0.2, 0) is 19.5 Å². The van der Waals surface area contributed by atoms with Gasteiger partial charge in [-0.1, -0.05) is 200 Å². The molecule has 0 saturated heterocycles. The van der Waals surface area contributed by atoms with E-state index in [9.17, 15) is 0 Å². The lowest BCUT2D eigenvalue weighted by Crippen LogP contribution is -2.37. The van der Waals surface area contributed by atoms with Gasteiger partial charge in [-0.3, -0.25) is 0 Å². The number of unbranched alkanes of at least 4 members (excludes halogenated alkanes) is 30. The molecule has 0 aliphatic heterocycles. The molecule has 1 heterocycles. The summed E-state index contributed by atoms with van der Waals surface area (Å²) >= 11 is 0. The number of aryl methyl sites for hydroxylation is 2. The highest BCUT2D eigenvalue weighted by molar-refractivity contribution is 4.84. The van der Waals surface area contributed by atoms with Crippen molar-refractivity contribution in [1.82, 2.24) is 4.57 Å². The Kier molecular flexibility index (Phi) is 30.5. The fraction of sp³-hybridized carbons (Fsp3) is 0.927. The minimum Gasteiger partial charge on any atom is -0.235 e. The zero-order valence-electron chi connectivity index (χ0n) is 30.3. The zero-order chi connectivity index (χ0) is 30.9. The average Bonchev–Trinajstić information content (AvgIpc) is 3.42. The van der Waals surface area contributed by atoms with Gasteiger partial charge in [0.2, 0.25) is 0 Å². The van der Waals surface area contributed by atoms with Crippen LogP contribution in [0, 0.1) is 0 Å². The lowest BCUT2D eigenvalue weighted by atomic mass is 10.0. The molecule has 0 aliphatic carbocycles. The third kappa shape index (κ3) is 25.1. The van der Waals surface area contributed by atoms with Gasteiger partial charge in [0.05, 0.1) is 13.1 Å². The minimum atomic E-state index is 1.11. The number of hydrogen-bond acceptors (Lipinski definition) is 0. The van der Waals surface area contributed by atoms with Gasteiger partial charge < -0.3 is 0 Å². The number of hydrogen-bond donors (Lipinski definition) is 0. The van der Waals surface area contributed by atoms with Gasteiger partial charge in [0.1, 0.15) is 12.4 Å². The van der Waals surface area contributed by atoms with E-state index in [1.807, 2.05) is 0 Å². The topological polar surface area (TPSA) is 8.81 Å². The van der Waals surface area contributed by atoms with E-state index in [0.29, 0.717) is 0 Å². The Morgan fingerprint density at radius 3 is 1.02 bits per heavy atom. The highest BCUT2D eigenvalue weighted by Crippen LogP contribution is 2.16. The third-order valence-electron chi connectivity index (χ3n) is 9.94. The summed E-state index contributed by atoms with van der Waals surface area (Å²) in [6.07, 6.45) is 52.3. The minimum absolute atomic E-state index is 1.11. The van der Waals surface area contributed by atoms with Crippen LogP contribution in [0.2, 0.25) is 0 Å². The first kappa shape index (κ1) is 40.2. The Morgan fingerprint density at radius 1 is 0.395 bits per heavy atom. The van der Waals surface area contributed by atoms with Crippen LogP contribution in [0.4, 0.5) is 0 Å². The van der Waals surface area contributed by atoms with Crippen molar-refractivity contribution in [2.45, 2.75) is 246 Å². The van der Waals surface area contributed by atoms with Crippen molar-refractivity contribution in [1.29, 1.82) is 0 Å². The quantitative estimate of drug-likeness (QED) is 0.0540. The fourth-order valence-corrected chi connectivity index (χ4v) is 6.94. The first-order chi connectivity index (χ1) is 21.3. The van der Waals surface area contributed by atoms with E-state index in [1.165, 1.54) is 218 Å². The molecule has 0 bridgehead atoms. The molecular formula is C41H81N2+. The Labute approximate surface area is 272 Å². The normalized spacial score (nSPS) is 11.6. The van der Waals surface area contributed by atoms with E-state index >= 15 is 0 Å². The van der Waals surface area contributed by atoms with Gasteiger partial charge in [-0.05, 0) is 26.2 Å². The summed E-state index contributed by atoms with van der Waals surface area (Å²) in [5.74, 6) is 1.58. The molecule has 0 spiro atoms. The lowest BCUT2D eigenvalue weighted by Gasteiger charge is -2.06. The monoisotopic (exact) mass is 602 g/mol. The van der Waals surface area contributed by atoms with E-state index in [1.54, 1.807) is 5.82 Å². The number of nitrogens with zero attached hydrogens (tertiary/aromatic N) is 2. The van der Waals surface area contributed by atoms with Crippen LogP contribution < -0.4 is 4.57 Å². The highest BCUT2D eigenvalue weighted by atomic mass is 15.1. The van der Waals surface area contributed by atoms with Crippen LogP contribution in [0.5, 0.6) is 0 Å². The molecular weight excluding hydrogens is 520 g/mol. The molecule has 1 rings (SSSR count). The van der Waals surface area contributed by atoms with Gasteiger partial charge in [0.25, 0.3) is 5.82 Å². The van der Waals surface area contributed by atoms with E-state index in [0.717, 1.165) is 6.54 Å². The van der Waals surface area contributed by atoms with Crippen molar-refractivity contribution in [2.24, 2.45) is 0 Å². The van der Waals surface area contributed by atoms with Crippen LogP contribution in [0.15, 0.2) is 12.4 Å². The van der Waals surface area contributed by atoms with Gasteiger partial charge in [-0.15, -0.1) is 0 Å². The molecule has 0 unspecified atom stereocenters. The first-order valence-electron chi connectivity index (χ1n) is 20.4. The largest absolute Gasteiger partial charge is 0.256 e. The van der Waals surface area contributed by atoms with Crippen LogP contribution in [0.1, 0.15) is 232 Å². The zero-order valence-corrected chi connectivity index (χ0v) is 30.3. The van der Waals surface area contributed by atoms with Crippen LogP contribution >= 0.6 is 0 Å². The predicted octanol–water partition coefficient (Wildman–Crippen LogP) is 13.9. The van der Waals surface area contributed by atoms with Crippen LogP contribution in [0.3, 0.4) is 0 Å². The summed E-state index contributed by atoms with van der Waals surface area (Å²) < 4.78 is 5.08. The second-order valence-electron chi connectivity index (χ2n) is 14.1. The molecule has 254 valence electrons. The number of imidazole rings is 1. The SMILES string of the molecule is CCCCCCCCCCCCCCCCCCC[n+]1ccn(CC)c1CCCCCCCCCCCCCCCCC. The van der Waals surface area contributed by atoms with E-state index in [4.69, 9.17) is 0 Å². The summed E-state index contributed by atoms with van der Waals surface area (Å²) in [6, 6.07) is 0. The van der Waals surface area contributed by atoms with Crippen molar-refractivity contribution in [3.63, 3.8) is 0 Å². The summed E-state index contributed by atoms with van der Waals surface area (Å²) in [5, 5.41) is 0. The first-order valence-corrected chi connectivity index (χ1v) is 20.4. The Morgan fingerprint density at radius 2 is 0.698 bits per heavy atom. The van der Waals surface area contributed by atoms with E-state index in [-0.39, 0.29) is 0 Å². The Hall–Kier alpha value is -0.790. The molecule has 2 nitrogen and oxygen atoms in total. The van der Waals surface area contributed by atoms with Gasteiger partial charge in [-0.2, -0.15) is 0 Å². The second kappa shape index (κ2) is 32.6. The summed E-state index contributed by atoms with van der Waals surface area (Å²) in [4.78, 5) is 0. The Balaban J connectivity index is 1.94. The maximum atomic E-state index is 2.58. The molecule has 0 atom stereocenters. The molecule has 43 heavy (non-hydrogen) atoms. The summed E-state index contributed by atoms with van der Waals surface area (Å²) in [6.45, 7) is 9.25. The predicted molar refractivity (Wildman–Crippen MR) is 193 cm³/mol. The van der Waals surface area contributed by atoms with Gasteiger partial charge in [0, 0.05) is 6.42 Å². The van der Waals surface area contributed by atoms with Crippen molar-refractivity contribution in [3.05, 3.63) is 18.2 Å². The highest BCUT2D eigenvalue weighted by Gasteiger charge is 2.15. The molecule has 0 saturated carbocycles. The molecule has 0 amide bonds. The molecule has 0 fully saturated rings. The molecule has 2 heteroatoms. The molecule has 0 N–H and O–H groups in total. The standard InChI is InChI=1S/C41H81N2/c1-4-7-9-11-13-15-17-19-21-22-24-26-28-30-32-34-36-38-43-40-39-42(6-3)41(43)37-35-33-31-29-27-25-23-20-18-16-14-12-10-8-5-2/h39-40H,4-38H2,1-3H3/q+1. The Bertz CT molecular complexity index is 663. The average molecular weight is 602 g/mol. The second-order valence-corrected chi connectivity index (χ2v) is 14.1. The molecule has 0 radical (unpaired) electrons. The molecule has 0 aliphatic rings. The van der Waals surface area contributed by atoms with Crippen molar-refractivity contribution >= 4 is 0 Å². The van der Waals surface area contributed by atoms with Crippen LogP contribution in [-0.4, -0.2) is 4.57 Å². The van der Waals surface area contributed by atoms with Crippen molar-refractivity contribution < 1.29 is 4.57 Å². The van der Waals surface area contributed by atoms with Crippen LogP contribution in [0.25, 0.3) is 0 Å². The number of aromatic nitrogens is 2.